The Morgan fingerprint density at radius 1 is 1.15 bits per heavy atom. The maximum Gasteiger partial charge on any atom is 0.289 e. The smallest absolute Gasteiger partial charge is 0.289 e. The second-order valence-corrected chi connectivity index (χ2v) is 7.88. The van der Waals surface area contributed by atoms with E-state index in [1.54, 1.807) is 0 Å². The van der Waals surface area contributed by atoms with Gasteiger partial charge in [-0.05, 0) is 13.0 Å². The molecule has 0 bridgehead atoms. The van der Waals surface area contributed by atoms with E-state index < -0.39 is 25.5 Å². The summed E-state index contributed by atoms with van der Waals surface area (Å²) in [4.78, 5) is 14.2. The van der Waals surface area contributed by atoms with Crippen molar-refractivity contribution in [3.05, 3.63) is 70.1 Å². The normalized spacial score (nSPS) is 11.7. The van der Waals surface area contributed by atoms with Gasteiger partial charge in [-0.25, -0.2) is 8.42 Å². The van der Waals surface area contributed by atoms with Crippen molar-refractivity contribution in [3.8, 4) is 11.4 Å². The lowest BCUT2D eigenvalue weighted by Gasteiger charge is -2.14. The van der Waals surface area contributed by atoms with E-state index in [1.165, 1.54) is 25.2 Å². The summed E-state index contributed by atoms with van der Waals surface area (Å²) in [5.41, 5.74) is 1.33. The molecule has 10 heteroatoms. The van der Waals surface area contributed by atoms with Gasteiger partial charge in [-0.15, -0.1) is 0 Å². The van der Waals surface area contributed by atoms with Crippen molar-refractivity contribution in [2.24, 2.45) is 0 Å². The molecule has 0 aliphatic carbocycles. The van der Waals surface area contributed by atoms with Crippen molar-refractivity contribution in [2.75, 3.05) is 7.05 Å². The van der Waals surface area contributed by atoms with E-state index in [9.17, 15) is 18.5 Å². The third kappa shape index (κ3) is 3.86. The number of hydrogen-bond donors (Lipinski definition) is 0. The largest absolute Gasteiger partial charge is 0.338 e. The van der Waals surface area contributed by atoms with Gasteiger partial charge >= 0.3 is 0 Å². The Labute approximate surface area is 155 Å². The van der Waals surface area contributed by atoms with Gasteiger partial charge in [-0.2, -0.15) is 9.29 Å². The van der Waals surface area contributed by atoms with Crippen LogP contribution in [0.4, 0.5) is 5.69 Å². The Morgan fingerprint density at radius 2 is 1.81 bits per heavy atom. The molecule has 0 aliphatic rings. The van der Waals surface area contributed by atoms with Gasteiger partial charge in [0.15, 0.2) is 4.90 Å². The zero-order valence-electron chi connectivity index (χ0n) is 14.6. The minimum atomic E-state index is -4.11. The monoisotopic (exact) mass is 388 g/mol. The van der Waals surface area contributed by atoms with Crippen molar-refractivity contribution in [3.63, 3.8) is 0 Å². The highest BCUT2D eigenvalue weighted by Gasteiger charge is 2.30. The number of para-hydroxylation sites is 1. The summed E-state index contributed by atoms with van der Waals surface area (Å²) in [7, 11) is -2.82. The molecule has 3 aromatic rings. The van der Waals surface area contributed by atoms with Gasteiger partial charge in [0.25, 0.3) is 5.69 Å². The minimum absolute atomic E-state index is 0.0789. The van der Waals surface area contributed by atoms with E-state index in [0.717, 1.165) is 21.5 Å². The number of rotatable bonds is 6. The van der Waals surface area contributed by atoms with Crippen LogP contribution in [0.5, 0.6) is 0 Å². The number of hydrogen-bond acceptors (Lipinski definition) is 7. The maximum atomic E-state index is 12.7. The van der Waals surface area contributed by atoms with Crippen molar-refractivity contribution >= 4 is 15.7 Å². The minimum Gasteiger partial charge on any atom is -0.338 e. The molecule has 0 spiro atoms. The van der Waals surface area contributed by atoms with E-state index in [1.807, 2.05) is 31.2 Å². The summed E-state index contributed by atoms with van der Waals surface area (Å²) < 4.78 is 31.5. The molecule has 0 aliphatic heterocycles. The number of aromatic nitrogens is 2. The van der Waals surface area contributed by atoms with Crippen molar-refractivity contribution in [1.82, 2.24) is 14.4 Å². The molecule has 0 amide bonds. The van der Waals surface area contributed by atoms with Crippen LogP contribution in [0.1, 0.15) is 11.5 Å². The van der Waals surface area contributed by atoms with E-state index in [2.05, 4.69) is 10.1 Å². The average Bonchev–Trinajstić information content (AvgIpc) is 3.10. The summed E-state index contributed by atoms with van der Waals surface area (Å²) >= 11 is 0. The number of nitro benzene ring substituents is 1. The molecule has 0 atom stereocenters. The van der Waals surface area contributed by atoms with Gasteiger partial charge in [-0.1, -0.05) is 47.1 Å². The van der Waals surface area contributed by atoms with Crippen LogP contribution in [-0.4, -0.2) is 34.8 Å². The molecule has 0 unspecified atom stereocenters. The molecule has 0 fully saturated rings. The van der Waals surface area contributed by atoms with E-state index in [4.69, 9.17) is 4.52 Å². The molecule has 1 aromatic heterocycles. The molecule has 2 aromatic carbocycles. The first-order valence-electron chi connectivity index (χ1n) is 7.88. The molecule has 3 rings (SSSR count). The second-order valence-electron chi connectivity index (χ2n) is 5.86. The Bertz CT molecular complexity index is 1080. The lowest BCUT2D eigenvalue weighted by atomic mass is 10.1. The van der Waals surface area contributed by atoms with Crippen LogP contribution < -0.4 is 0 Å². The first-order valence-corrected chi connectivity index (χ1v) is 9.32. The fourth-order valence-corrected chi connectivity index (χ4v) is 3.68. The van der Waals surface area contributed by atoms with Gasteiger partial charge in [-0.3, -0.25) is 10.1 Å². The molecule has 0 saturated heterocycles. The lowest BCUT2D eigenvalue weighted by Crippen LogP contribution is -2.27. The van der Waals surface area contributed by atoms with E-state index in [-0.39, 0.29) is 12.4 Å². The van der Waals surface area contributed by atoms with Crippen molar-refractivity contribution in [2.45, 2.75) is 18.4 Å². The topological polar surface area (TPSA) is 119 Å². The van der Waals surface area contributed by atoms with E-state index in [0.29, 0.717) is 5.82 Å². The van der Waals surface area contributed by atoms with Crippen LogP contribution in [0, 0.1) is 17.0 Å². The highest BCUT2D eigenvalue weighted by atomic mass is 32.2. The molecular formula is C17H16N4O5S. The predicted molar refractivity (Wildman–Crippen MR) is 96.2 cm³/mol. The Kier molecular flexibility index (Phi) is 5.02. The van der Waals surface area contributed by atoms with Crippen molar-refractivity contribution < 1.29 is 17.9 Å². The second kappa shape index (κ2) is 7.25. The third-order valence-corrected chi connectivity index (χ3v) is 5.74. The SMILES string of the molecule is Cc1ccc(-c2noc(CN(C)S(=O)(=O)c3ccccc3[N+](=O)[O-])n2)cc1. The molecule has 9 nitrogen and oxygen atoms in total. The maximum absolute atomic E-state index is 12.7. The number of benzene rings is 2. The lowest BCUT2D eigenvalue weighted by molar-refractivity contribution is -0.387. The zero-order valence-corrected chi connectivity index (χ0v) is 15.4. The van der Waals surface area contributed by atoms with Crippen LogP contribution in [0.15, 0.2) is 57.9 Å². The number of sulfonamides is 1. The molecule has 0 N–H and O–H groups in total. The standard InChI is InChI=1S/C17H16N4O5S/c1-12-7-9-13(10-8-12)17-18-16(26-19-17)11-20(2)27(24,25)15-6-4-3-5-14(15)21(22)23/h3-10H,11H2,1-2H3. The first kappa shape index (κ1) is 18.7. The quantitative estimate of drug-likeness (QED) is 0.470. The van der Waals surface area contributed by atoms with Gasteiger partial charge in [0.1, 0.15) is 0 Å². The molecule has 0 saturated carbocycles. The summed E-state index contributed by atoms with van der Waals surface area (Å²) in [5.74, 6) is 0.414. The molecule has 1 heterocycles. The van der Waals surface area contributed by atoms with Crippen molar-refractivity contribution in [1.29, 1.82) is 0 Å². The van der Waals surface area contributed by atoms with Gasteiger partial charge < -0.3 is 4.52 Å². The van der Waals surface area contributed by atoms with E-state index >= 15 is 0 Å². The summed E-state index contributed by atoms with van der Waals surface area (Å²) in [6, 6.07) is 12.6. The number of aryl methyl sites for hydroxylation is 1. The van der Waals surface area contributed by atoms with Gasteiger partial charge in [0.2, 0.25) is 21.7 Å². The van der Waals surface area contributed by atoms with Crippen LogP contribution in [0.3, 0.4) is 0 Å². The van der Waals surface area contributed by atoms with Gasteiger partial charge in [0.05, 0.1) is 11.5 Å². The molecule has 140 valence electrons. The molecule has 0 radical (unpaired) electrons. The predicted octanol–water partition coefficient (Wildman–Crippen LogP) is 2.77. The Hall–Kier alpha value is -3.11. The Balaban J connectivity index is 1.84. The summed E-state index contributed by atoms with van der Waals surface area (Å²) in [6.45, 7) is 1.74. The molecule has 27 heavy (non-hydrogen) atoms. The van der Waals surface area contributed by atoms with Gasteiger partial charge in [0, 0.05) is 18.7 Å². The highest BCUT2D eigenvalue weighted by molar-refractivity contribution is 7.89. The van der Waals surface area contributed by atoms with Crippen LogP contribution in [-0.2, 0) is 16.6 Å². The summed E-state index contributed by atoms with van der Waals surface area (Å²) in [6.07, 6.45) is 0. The zero-order chi connectivity index (χ0) is 19.6. The average molecular weight is 388 g/mol. The Morgan fingerprint density at radius 3 is 2.48 bits per heavy atom. The van der Waals surface area contributed by atoms with Crippen LogP contribution >= 0.6 is 0 Å². The molecular weight excluding hydrogens is 372 g/mol. The third-order valence-electron chi connectivity index (χ3n) is 3.89. The van der Waals surface area contributed by atoms with Crippen LogP contribution in [0.25, 0.3) is 11.4 Å². The summed E-state index contributed by atoms with van der Waals surface area (Å²) in [5, 5.41) is 15.0. The number of nitro groups is 1. The first-order chi connectivity index (χ1) is 12.8. The number of nitrogens with zero attached hydrogens (tertiary/aromatic N) is 4. The van der Waals surface area contributed by atoms with Crippen LogP contribution in [0.2, 0.25) is 0 Å². The highest BCUT2D eigenvalue weighted by Crippen LogP contribution is 2.26. The fraction of sp³-hybridized carbons (Fsp3) is 0.176. The fourth-order valence-electron chi connectivity index (χ4n) is 2.41.